The molecule has 0 radical (unpaired) electrons. The van der Waals surface area contributed by atoms with Gasteiger partial charge < -0.3 is 20.1 Å². The van der Waals surface area contributed by atoms with E-state index < -0.39 is 16.1 Å². The number of hydrogen-bond acceptors (Lipinski definition) is 8. The van der Waals surface area contributed by atoms with Crippen LogP contribution in [0.2, 0.25) is 0 Å². The number of benzene rings is 1. The predicted octanol–water partition coefficient (Wildman–Crippen LogP) is 1.98. The molecule has 2 heterocycles. The summed E-state index contributed by atoms with van der Waals surface area (Å²) >= 11 is 0. The Bertz CT molecular complexity index is 1020. The van der Waals surface area contributed by atoms with Gasteiger partial charge in [-0.05, 0) is 44.0 Å². The highest BCUT2D eigenvalue weighted by Crippen LogP contribution is 2.35. The van der Waals surface area contributed by atoms with E-state index in [1.165, 1.54) is 12.1 Å². The number of aromatic nitrogens is 2. The molecule has 4 N–H and O–H groups in total. The molecule has 2 aromatic rings. The molecule has 1 aromatic heterocycles. The highest BCUT2D eigenvalue weighted by atomic mass is 32.2. The molecule has 0 unspecified atom stereocenters. The summed E-state index contributed by atoms with van der Waals surface area (Å²) in [6.45, 7) is 2.31. The van der Waals surface area contributed by atoms with Gasteiger partial charge in [-0.2, -0.15) is 0 Å². The van der Waals surface area contributed by atoms with Crippen LogP contribution in [0, 0.1) is 0 Å². The predicted molar refractivity (Wildman–Crippen MR) is 107 cm³/mol. The Balaban J connectivity index is 1.31. The zero-order valence-electron chi connectivity index (χ0n) is 16.4. The van der Waals surface area contributed by atoms with E-state index >= 15 is 0 Å². The summed E-state index contributed by atoms with van der Waals surface area (Å²) in [5.41, 5.74) is 1.28. The van der Waals surface area contributed by atoms with Gasteiger partial charge >= 0.3 is 6.09 Å². The second kappa shape index (κ2) is 7.82. The first-order chi connectivity index (χ1) is 14.2. The number of alkyl carbamates (subject to hydrolysis) is 1. The summed E-state index contributed by atoms with van der Waals surface area (Å²) in [6.07, 6.45) is 4.80. The van der Waals surface area contributed by atoms with Gasteiger partial charge in [0, 0.05) is 35.6 Å². The lowest BCUT2D eigenvalue weighted by atomic mass is 10.1. The van der Waals surface area contributed by atoms with E-state index in [-0.39, 0.29) is 22.6 Å². The molecule has 30 heavy (non-hydrogen) atoms. The van der Waals surface area contributed by atoms with Crippen LogP contribution in [0.4, 0.5) is 16.4 Å². The van der Waals surface area contributed by atoms with Gasteiger partial charge in [0.2, 0.25) is 16.0 Å². The molecule has 0 spiro atoms. The number of hydrogen-bond donors (Lipinski definition) is 3. The first-order valence-corrected chi connectivity index (χ1v) is 11.1. The van der Waals surface area contributed by atoms with E-state index in [0.717, 1.165) is 18.4 Å². The number of nitrogens with zero attached hydrogens (tertiary/aromatic N) is 2. The Morgan fingerprint density at radius 3 is 2.50 bits per heavy atom. The van der Waals surface area contributed by atoms with E-state index in [1.54, 1.807) is 24.5 Å². The fraction of sp³-hybridized carbons (Fsp3) is 0.421. The van der Waals surface area contributed by atoms with Gasteiger partial charge in [0.25, 0.3) is 0 Å². The maximum atomic E-state index is 11.9. The Morgan fingerprint density at radius 2 is 1.90 bits per heavy atom. The van der Waals surface area contributed by atoms with Crippen molar-refractivity contribution < 1.29 is 22.7 Å². The number of nitrogens with one attached hydrogen (secondary N) is 2. The van der Waals surface area contributed by atoms with Crippen LogP contribution in [0.15, 0.2) is 41.6 Å². The number of carbonyl (C=O) groups excluding carboxylic acids is 1. The van der Waals surface area contributed by atoms with E-state index in [1.807, 2.05) is 6.92 Å². The second-order valence-electron chi connectivity index (χ2n) is 7.81. The molecule has 1 amide bonds. The molecule has 1 saturated carbocycles. The van der Waals surface area contributed by atoms with Gasteiger partial charge in [-0.25, -0.2) is 28.3 Å². The number of amides is 1. The van der Waals surface area contributed by atoms with Crippen LogP contribution in [0.5, 0.6) is 0 Å². The number of carbonyl (C=O) groups is 1. The summed E-state index contributed by atoms with van der Waals surface area (Å²) in [7, 11) is -3.73. The van der Waals surface area contributed by atoms with Crippen molar-refractivity contribution >= 4 is 27.8 Å². The van der Waals surface area contributed by atoms with Crippen LogP contribution in [-0.4, -0.2) is 42.7 Å². The van der Waals surface area contributed by atoms with Crippen LogP contribution in [0.25, 0.3) is 0 Å². The molecule has 4 rings (SSSR count). The van der Waals surface area contributed by atoms with Crippen molar-refractivity contribution in [2.75, 3.05) is 11.9 Å². The number of sulfonamides is 1. The number of primary sulfonamides is 1. The number of nitrogens with two attached hydrogens (primary N) is 1. The van der Waals surface area contributed by atoms with Crippen molar-refractivity contribution in [2.45, 2.75) is 48.8 Å². The zero-order valence-corrected chi connectivity index (χ0v) is 17.2. The van der Waals surface area contributed by atoms with Crippen LogP contribution in [0.3, 0.4) is 0 Å². The number of ether oxygens (including phenoxy) is 2. The molecular formula is C19H23N5O5S. The minimum Gasteiger partial charge on any atom is -0.444 e. The van der Waals surface area contributed by atoms with Crippen LogP contribution in [-0.2, 0) is 19.5 Å². The summed E-state index contributed by atoms with van der Waals surface area (Å²) < 4.78 is 33.8. The topological polar surface area (TPSA) is 146 Å². The largest absolute Gasteiger partial charge is 0.444 e. The third-order valence-corrected chi connectivity index (χ3v) is 6.05. The molecule has 1 aromatic carbocycles. The van der Waals surface area contributed by atoms with Crippen molar-refractivity contribution in [3.8, 4) is 0 Å². The van der Waals surface area contributed by atoms with E-state index in [9.17, 15) is 13.2 Å². The first kappa shape index (κ1) is 20.5. The number of rotatable bonds is 6. The first-order valence-electron chi connectivity index (χ1n) is 9.52. The highest BCUT2D eigenvalue weighted by molar-refractivity contribution is 7.89. The second-order valence-corrected chi connectivity index (χ2v) is 9.37. The lowest BCUT2D eigenvalue weighted by molar-refractivity contribution is 0.0683. The molecule has 1 aliphatic heterocycles. The average molecular weight is 433 g/mol. The molecule has 2 aliphatic rings. The third-order valence-electron chi connectivity index (χ3n) is 5.12. The van der Waals surface area contributed by atoms with Crippen molar-refractivity contribution in [1.82, 2.24) is 15.3 Å². The average Bonchev–Trinajstić information content (AvgIpc) is 3.22. The molecule has 1 aliphatic carbocycles. The fourth-order valence-corrected chi connectivity index (χ4v) is 3.59. The van der Waals surface area contributed by atoms with Crippen molar-refractivity contribution in [2.24, 2.45) is 5.14 Å². The molecule has 11 heteroatoms. The van der Waals surface area contributed by atoms with Crippen LogP contribution < -0.4 is 15.8 Å². The Morgan fingerprint density at radius 1 is 1.23 bits per heavy atom. The Hall–Kier alpha value is -2.76. The highest BCUT2D eigenvalue weighted by Gasteiger charge is 2.40. The summed E-state index contributed by atoms with van der Waals surface area (Å²) in [5.74, 6) is 0.352. The quantitative estimate of drug-likeness (QED) is 0.627. The SMILES string of the molecule is CC1(NC(=O)O[C@@H]2CO[C@H](c3cnc(Nc4ccc(S(N)(=O)=O)cc4)nc3)C2)CC1. The summed E-state index contributed by atoms with van der Waals surface area (Å²) in [4.78, 5) is 20.5. The standard InChI is InChI=1S/C19H23N5O5S/c1-19(6-7-19)24-18(25)29-14-8-16(28-11-14)12-9-21-17(22-10-12)23-13-2-4-15(5-3-13)30(20,26)27/h2-5,9-10,14,16H,6-8,11H2,1H3,(H,24,25)(H2,20,26,27)(H,21,22,23)/t14-,16-/m0/s1. The van der Waals surface area contributed by atoms with Gasteiger partial charge in [-0.3, -0.25) is 0 Å². The Labute approximate surface area is 174 Å². The van der Waals surface area contributed by atoms with E-state index in [4.69, 9.17) is 14.6 Å². The van der Waals surface area contributed by atoms with Gasteiger partial charge in [0.05, 0.1) is 17.6 Å². The van der Waals surface area contributed by atoms with Crippen LogP contribution in [0.1, 0.15) is 37.9 Å². The maximum Gasteiger partial charge on any atom is 0.407 e. The molecule has 0 bridgehead atoms. The van der Waals surface area contributed by atoms with Gasteiger partial charge in [-0.15, -0.1) is 0 Å². The maximum absolute atomic E-state index is 11.9. The van der Waals surface area contributed by atoms with E-state index in [2.05, 4.69) is 20.6 Å². The third kappa shape index (κ3) is 5.04. The monoisotopic (exact) mass is 433 g/mol. The normalized spacial score (nSPS) is 22.3. The molecule has 10 nitrogen and oxygen atoms in total. The lowest BCUT2D eigenvalue weighted by Crippen LogP contribution is -2.37. The molecule has 160 valence electrons. The molecule has 1 saturated heterocycles. The van der Waals surface area contributed by atoms with Crippen LogP contribution >= 0.6 is 0 Å². The molecule has 2 fully saturated rings. The van der Waals surface area contributed by atoms with Gasteiger partial charge in [-0.1, -0.05) is 0 Å². The zero-order chi connectivity index (χ0) is 21.4. The van der Waals surface area contributed by atoms with E-state index in [0.29, 0.717) is 24.7 Å². The summed E-state index contributed by atoms with van der Waals surface area (Å²) in [6, 6.07) is 5.95. The van der Waals surface area contributed by atoms with Crippen molar-refractivity contribution in [3.63, 3.8) is 0 Å². The molecule has 2 atom stereocenters. The van der Waals surface area contributed by atoms with Crippen molar-refractivity contribution in [3.05, 3.63) is 42.2 Å². The smallest absolute Gasteiger partial charge is 0.407 e. The van der Waals surface area contributed by atoms with Crippen molar-refractivity contribution in [1.29, 1.82) is 0 Å². The van der Waals surface area contributed by atoms with Gasteiger partial charge in [0.1, 0.15) is 6.10 Å². The minimum absolute atomic E-state index is 0.0272. The molecular weight excluding hydrogens is 410 g/mol. The number of anilines is 2. The lowest BCUT2D eigenvalue weighted by Gasteiger charge is -2.15. The summed E-state index contributed by atoms with van der Waals surface area (Å²) in [5, 5.41) is 10.9. The van der Waals surface area contributed by atoms with Gasteiger partial charge in [0.15, 0.2) is 0 Å². The minimum atomic E-state index is -3.73. The fourth-order valence-electron chi connectivity index (χ4n) is 3.08. The Kier molecular flexibility index (Phi) is 5.35.